The van der Waals surface area contributed by atoms with Crippen LogP contribution in [-0.4, -0.2) is 40.0 Å². The highest BCUT2D eigenvalue weighted by Gasteiger charge is 2.22. The second-order valence-electron chi connectivity index (χ2n) is 5.43. The molecule has 2 atom stereocenters. The molecular formula is C15H25N3S. The van der Waals surface area contributed by atoms with Gasteiger partial charge in [-0.3, -0.25) is 4.90 Å². The summed E-state index contributed by atoms with van der Waals surface area (Å²) in [7, 11) is 0. The topological polar surface area (TPSA) is 28.2 Å². The molecule has 1 N–H and O–H groups in total. The number of thioether (sulfide) groups is 1. The van der Waals surface area contributed by atoms with Crippen LogP contribution in [0.3, 0.4) is 0 Å². The molecule has 0 saturated carbocycles. The highest BCUT2D eigenvalue weighted by atomic mass is 32.2. The summed E-state index contributed by atoms with van der Waals surface area (Å²) >= 11 is 2.10. The van der Waals surface area contributed by atoms with Crippen LogP contribution in [0.4, 0.5) is 5.82 Å². The van der Waals surface area contributed by atoms with Gasteiger partial charge >= 0.3 is 0 Å². The minimum atomic E-state index is 0.738. The number of aromatic nitrogens is 1. The quantitative estimate of drug-likeness (QED) is 0.895. The molecule has 0 bridgehead atoms. The molecule has 0 aromatic carbocycles. The number of nitrogens with zero attached hydrogens (tertiary/aromatic N) is 2. The van der Waals surface area contributed by atoms with Gasteiger partial charge in [-0.05, 0) is 18.1 Å². The van der Waals surface area contributed by atoms with Gasteiger partial charge < -0.3 is 5.32 Å². The average molecular weight is 279 g/mol. The molecule has 0 spiro atoms. The predicted molar refractivity (Wildman–Crippen MR) is 84.8 cm³/mol. The van der Waals surface area contributed by atoms with Crippen LogP contribution in [0, 0.1) is 0 Å². The zero-order valence-electron chi connectivity index (χ0n) is 12.2. The van der Waals surface area contributed by atoms with Gasteiger partial charge in [0.2, 0.25) is 0 Å². The molecule has 4 heteroatoms. The first-order valence-corrected chi connectivity index (χ1v) is 8.18. The van der Waals surface area contributed by atoms with Crippen molar-refractivity contribution in [2.75, 3.05) is 25.0 Å². The predicted octanol–water partition coefficient (Wildman–Crippen LogP) is 3.23. The zero-order chi connectivity index (χ0) is 13.7. The molecule has 3 nitrogen and oxygen atoms in total. The van der Waals surface area contributed by atoms with Gasteiger partial charge in [0.25, 0.3) is 0 Å². The lowest BCUT2D eigenvalue weighted by Crippen LogP contribution is -2.39. The third kappa shape index (κ3) is 4.69. The minimum absolute atomic E-state index is 0.738. The van der Waals surface area contributed by atoms with Crippen LogP contribution in [0.1, 0.15) is 32.8 Å². The third-order valence-corrected chi connectivity index (χ3v) is 4.51. The summed E-state index contributed by atoms with van der Waals surface area (Å²) < 4.78 is 0. The van der Waals surface area contributed by atoms with Gasteiger partial charge in [0.05, 0.1) is 0 Å². The Hall–Kier alpha value is -0.740. The second-order valence-corrected chi connectivity index (χ2v) is 7.31. The first kappa shape index (κ1) is 14.7. The van der Waals surface area contributed by atoms with E-state index in [1.54, 1.807) is 0 Å². The van der Waals surface area contributed by atoms with Crippen LogP contribution in [0.2, 0.25) is 0 Å². The van der Waals surface area contributed by atoms with E-state index in [9.17, 15) is 0 Å². The summed E-state index contributed by atoms with van der Waals surface area (Å²) in [5.41, 5.74) is 1.31. The Balaban J connectivity index is 1.88. The smallest absolute Gasteiger partial charge is 0.125 e. The van der Waals surface area contributed by atoms with Crippen molar-refractivity contribution < 1.29 is 0 Å². The van der Waals surface area contributed by atoms with Crippen molar-refractivity contribution in [1.29, 1.82) is 0 Å². The molecule has 2 heterocycles. The van der Waals surface area contributed by atoms with Gasteiger partial charge in [-0.1, -0.05) is 26.8 Å². The van der Waals surface area contributed by atoms with Crippen LogP contribution >= 0.6 is 11.8 Å². The van der Waals surface area contributed by atoms with Crippen molar-refractivity contribution >= 4 is 17.6 Å². The Kier molecular flexibility index (Phi) is 5.52. The molecule has 1 saturated heterocycles. The van der Waals surface area contributed by atoms with Gasteiger partial charge in [-0.2, -0.15) is 11.8 Å². The van der Waals surface area contributed by atoms with Crippen LogP contribution in [0.25, 0.3) is 0 Å². The van der Waals surface area contributed by atoms with E-state index in [1.165, 1.54) is 18.7 Å². The fourth-order valence-corrected chi connectivity index (χ4v) is 3.93. The largest absolute Gasteiger partial charge is 0.370 e. The maximum Gasteiger partial charge on any atom is 0.125 e. The van der Waals surface area contributed by atoms with Gasteiger partial charge in [-0.15, -0.1) is 0 Å². The van der Waals surface area contributed by atoms with Crippen molar-refractivity contribution in [3.8, 4) is 0 Å². The van der Waals surface area contributed by atoms with Crippen molar-refractivity contribution in [2.24, 2.45) is 0 Å². The average Bonchev–Trinajstić information content (AvgIpc) is 2.37. The lowest BCUT2D eigenvalue weighted by atomic mass is 10.2. The Morgan fingerprint density at radius 3 is 2.63 bits per heavy atom. The summed E-state index contributed by atoms with van der Waals surface area (Å²) in [5.74, 6) is 0.988. The second kappa shape index (κ2) is 7.15. The zero-order valence-corrected chi connectivity index (χ0v) is 13.0. The lowest BCUT2D eigenvalue weighted by molar-refractivity contribution is 0.262. The van der Waals surface area contributed by atoms with Crippen molar-refractivity contribution in [3.63, 3.8) is 0 Å². The molecular weight excluding hydrogens is 254 g/mol. The molecule has 106 valence electrons. The first-order valence-electron chi connectivity index (χ1n) is 7.24. The SMILES string of the molecule is CCCNc1ccc(CN2CC(C)SC(C)C2)cn1. The van der Waals surface area contributed by atoms with E-state index in [0.29, 0.717) is 0 Å². The molecule has 2 rings (SSSR count). The van der Waals surface area contributed by atoms with Gasteiger partial charge in [0.15, 0.2) is 0 Å². The van der Waals surface area contributed by atoms with E-state index in [-0.39, 0.29) is 0 Å². The van der Waals surface area contributed by atoms with Gasteiger partial charge in [-0.25, -0.2) is 4.98 Å². The van der Waals surface area contributed by atoms with E-state index < -0.39 is 0 Å². The molecule has 1 aromatic heterocycles. The van der Waals surface area contributed by atoms with E-state index >= 15 is 0 Å². The minimum Gasteiger partial charge on any atom is -0.370 e. The normalized spacial score (nSPS) is 24.4. The van der Waals surface area contributed by atoms with Crippen molar-refractivity contribution in [3.05, 3.63) is 23.9 Å². The maximum atomic E-state index is 4.48. The Morgan fingerprint density at radius 2 is 2.05 bits per heavy atom. The summed E-state index contributed by atoms with van der Waals surface area (Å²) in [5, 5.41) is 4.79. The van der Waals surface area contributed by atoms with Crippen LogP contribution in [0.15, 0.2) is 18.3 Å². The Morgan fingerprint density at radius 1 is 1.32 bits per heavy atom. The molecule has 0 radical (unpaired) electrons. The summed E-state index contributed by atoms with van der Waals surface area (Å²) in [4.78, 5) is 7.02. The third-order valence-electron chi connectivity index (χ3n) is 3.28. The number of anilines is 1. The van der Waals surface area contributed by atoms with Gasteiger partial charge in [0.1, 0.15) is 5.82 Å². The van der Waals surface area contributed by atoms with Crippen LogP contribution in [0.5, 0.6) is 0 Å². The number of rotatable bonds is 5. The molecule has 2 unspecified atom stereocenters. The van der Waals surface area contributed by atoms with E-state index in [4.69, 9.17) is 0 Å². The van der Waals surface area contributed by atoms with E-state index in [2.05, 4.69) is 59.9 Å². The Labute approximate surface area is 121 Å². The fraction of sp³-hybridized carbons (Fsp3) is 0.667. The number of hydrogen-bond donors (Lipinski definition) is 1. The molecule has 1 aliphatic rings. The summed E-state index contributed by atoms with van der Waals surface area (Å²) in [6.45, 7) is 11.2. The maximum absolute atomic E-state index is 4.48. The first-order chi connectivity index (χ1) is 9.17. The number of pyridine rings is 1. The molecule has 19 heavy (non-hydrogen) atoms. The number of nitrogens with one attached hydrogen (secondary N) is 1. The molecule has 1 aromatic rings. The van der Waals surface area contributed by atoms with E-state index in [0.717, 1.165) is 35.8 Å². The monoisotopic (exact) mass is 279 g/mol. The highest BCUT2D eigenvalue weighted by Crippen LogP contribution is 2.25. The molecule has 0 aliphatic carbocycles. The highest BCUT2D eigenvalue weighted by molar-refractivity contribution is 8.00. The van der Waals surface area contributed by atoms with Crippen LogP contribution in [-0.2, 0) is 6.54 Å². The standard InChI is InChI=1S/C15H25N3S/c1-4-7-16-15-6-5-14(8-17-15)11-18-9-12(2)19-13(3)10-18/h5-6,8,12-13H,4,7,9-11H2,1-3H3,(H,16,17). The van der Waals surface area contributed by atoms with E-state index in [1.807, 2.05) is 6.20 Å². The van der Waals surface area contributed by atoms with Crippen LogP contribution < -0.4 is 5.32 Å². The molecule has 1 aliphatic heterocycles. The summed E-state index contributed by atoms with van der Waals surface area (Å²) in [6, 6.07) is 4.29. The summed E-state index contributed by atoms with van der Waals surface area (Å²) in [6.07, 6.45) is 3.14. The Bertz CT molecular complexity index is 369. The van der Waals surface area contributed by atoms with Gasteiger partial charge in [0, 0.05) is 42.9 Å². The molecule has 1 fully saturated rings. The molecule has 0 amide bonds. The van der Waals surface area contributed by atoms with Crippen molar-refractivity contribution in [1.82, 2.24) is 9.88 Å². The number of hydrogen-bond acceptors (Lipinski definition) is 4. The van der Waals surface area contributed by atoms with Crippen molar-refractivity contribution in [2.45, 2.75) is 44.2 Å². The fourth-order valence-electron chi connectivity index (χ4n) is 2.55. The lowest BCUT2D eigenvalue weighted by Gasteiger charge is -2.34.